The van der Waals surface area contributed by atoms with Gasteiger partial charge in [-0.3, -0.25) is 9.69 Å². The summed E-state index contributed by atoms with van der Waals surface area (Å²) in [6.45, 7) is 8.67. The number of carbonyl (C=O) groups is 1. The summed E-state index contributed by atoms with van der Waals surface area (Å²) in [5, 5.41) is 11.8. The van der Waals surface area contributed by atoms with Crippen LogP contribution in [0.1, 0.15) is 24.2 Å². The Bertz CT molecular complexity index is 1010. The summed E-state index contributed by atoms with van der Waals surface area (Å²) in [4.78, 5) is 18.6. The average Bonchev–Trinajstić information content (AvgIpc) is 3.19. The van der Waals surface area contributed by atoms with E-state index in [-0.39, 0.29) is 5.91 Å². The highest BCUT2D eigenvalue weighted by Crippen LogP contribution is 2.26. The van der Waals surface area contributed by atoms with Gasteiger partial charge in [-0.05, 0) is 74.1 Å². The van der Waals surface area contributed by atoms with E-state index >= 15 is 0 Å². The Morgan fingerprint density at radius 3 is 2.26 bits per heavy atom. The van der Waals surface area contributed by atoms with Crippen LogP contribution in [-0.2, 0) is 7.05 Å². The number of nitrogens with zero attached hydrogens (tertiary/aromatic N) is 5. The molecule has 0 spiro atoms. The van der Waals surface area contributed by atoms with E-state index in [2.05, 4.69) is 39.2 Å². The van der Waals surface area contributed by atoms with Crippen LogP contribution in [0.25, 0.3) is 0 Å². The SMILES string of the molecule is CC(C)N1CCN(c2ccc(C(=O)Nc3ccc(Sc4nncn4C)cc3)cc2)CC1. The first-order chi connectivity index (χ1) is 15.0. The highest BCUT2D eigenvalue weighted by Gasteiger charge is 2.19. The minimum Gasteiger partial charge on any atom is -0.369 e. The number of aromatic nitrogens is 3. The highest BCUT2D eigenvalue weighted by molar-refractivity contribution is 7.99. The summed E-state index contributed by atoms with van der Waals surface area (Å²) < 4.78 is 1.87. The molecule has 0 saturated carbocycles. The molecule has 162 valence electrons. The zero-order chi connectivity index (χ0) is 21.8. The van der Waals surface area contributed by atoms with Crippen LogP contribution < -0.4 is 10.2 Å². The zero-order valence-corrected chi connectivity index (χ0v) is 19.0. The van der Waals surface area contributed by atoms with Crippen molar-refractivity contribution in [2.24, 2.45) is 7.05 Å². The quantitative estimate of drug-likeness (QED) is 0.635. The van der Waals surface area contributed by atoms with Crippen molar-refractivity contribution in [2.45, 2.75) is 29.9 Å². The van der Waals surface area contributed by atoms with Gasteiger partial charge in [0.15, 0.2) is 5.16 Å². The molecule has 2 heterocycles. The molecule has 0 radical (unpaired) electrons. The van der Waals surface area contributed by atoms with E-state index < -0.39 is 0 Å². The third-order valence-corrected chi connectivity index (χ3v) is 6.59. The van der Waals surface area contributed by atoms with Crippen LogP contribution in [0.4, 0.5) is 11.4 Å². The van der Waals surface area contributed by atoms with Gasteiger partial charge >= 0.3 is 0 Å². The number of amides is 1. The lowest BCUT2D eigenvalue weighted by atomic mass is 10.1. The number of rotatable bonds is 6. The van der Waals surface area contributed by atoms with Gasteiger partial charge in [0.05, 0.1) is 0 Å². The molecule has 0 bridgehead atoms. The summed E-state index contributed by atoms with van der Waals surface area (Å²) in [6.07, 6.45) is 1.67. The van der Waals surface area contributed by atoms with Gasteiger partial charge in [-0.25, -0.2) is 0 Å². The summed E-state index contributed by atoms with van der Waals surface area (Å²) in [7, 11) is 1.91. The minimum atomic E-state index is -0.107. The van der Waals surface area contributed by atoms with Gasteiger partial charge in [0.2, 0.25) is 0 Å². The van der Waals surface area contributed by atoms with Crippen LogP contribution >= 0.6 is 11.8 Å². The first-order valence-electron chi connectivity index (χ1n) is 10.5. The van der Waals surface area contributed by atoms with Crippen molar-refractivity contribution in [1.29, 1.82) is 0 Å². The summed E-state index contributed by atoms with van der Waals surface area (Å²) in [6, 6.07) is 16.2. The fraction of sp³-hybridized carbons (Fsp3) is 0.348. The number of anilines is 2. The smallest absolute Gasteiger partial charge is 0.255 e. The van der Waals surface area contributed by atoms with Crippen molar-refractivity contribution >= 4 is 29.0 Å². The van der Waals surface area contributed by atoms with Crippen LogP contribution in [0.2, 0.25) is 0 Å². The lowest BCUT2D eigenvalue weighted by molar-refractivity contribution is 0.102. The molecule has 2 aromatic carbocycles. The summed E-state index contributed by atoms with van der Waals surface area (Å²) in [5.41, 5.74) is 2.59. The Morgan fingerprint density at radius 2 is 1.68 bits per heavy atom. The van der Waals surface area contributed by atoms with E-state index in [1.54, 1.807) is 6.33 Å². The topological polar surface area (TPSA) is 66.3 Å². The molecule has 1 saturated heterocycles. The molecule has 0 aliphatic carbocycles. The van der Waals surface area contributed by atoms with Crippen molar-refractivity contribution in [3.8, 4) is 0 Å². The van der Waals surface area contributed by atoms with E-state index in [1.165, 1.54) is 17.4 Å². The Hall–Kier alpha value is -2.84. The van der Waals surface area contributed by atoms with Crippen LogP contribution in [0.5, 0.6) is 0 Å². The van der Waals surface area contributed by atoms with Crippen molar-refractivity contribution in [3.63, 3.8) is 0 Å². The molecule has 1 aliphatic heterocycles. The van der Waals surface area contributed by atoms with E-state index in [1.807, 2.05) is 60.1 Å². The number of aryl methyl sites for hydroxylation is 1. The lowest BCUT2D eigenvalue weighted by Gasteiger charge is -2.38. The molecule has 3 aromatic rings. The predicted molar refractivity (Wildman–Crippen MR) is 125 cm³/mol. The lowest BCUT2D eigenvalue weighted by Crippen LogP contribution is -2.48. The highest BCUT2D eigenvalue weighted by atomic mass is 32.2. The largest absolute Gasteiger partial charge is 0.369 e. The molecule has 1 N–H and O–H groups in total. The number of hydrogen-bond donors (Lipinski definition) is 1. The zero-order valence-electron chi connectivity index (χ0n) is 18.2. The van der Waals surface area contributed by atoms with Crippen molar-refractivity contribution < 1.29 is 4.79 Å². The molecule has 7 nitrogen and oxygen atoms in total. The van der Waals surface area contributed by atoms with Crippen molar-refractivity contribution in [1.82, 2.24) is 19.7 Å². The normalized spacial score (nSPS) is 14.8. The fourth-order valence-electron chi connectivity index (χ4n) is 3.60. The molecule has 1 amide bonds. The summed E-state index contributed by atoms with van der Waals surface area (Å²) in [5.74, 6) is -0.107. The third kappa shape index (κ3) is 5.26. The minimum absolute atomic E-state index is 0.107. The molecular formula is C23H28N6OS. The maximum absolute atomic E-state index is 12.6. The first kappa shape index (κ1) is 21.4. The van der Waals surface area contributed by atoms with Crippen LogP contribution in [0, 0.1) is 0 Å². The van der Waals surface area contributed by atoms with Gasteiger partial charge in [-0.15, -0.1) is 10.2 Å². The summed E-state index contributed by atoms with van der Waals surface area (Å²) >= 11 is 1.53. The second-order valence-electron chi connectivity index (χ2n) is 7.97. The molecule has 4 rings (SSSR count). The van der Waals surface area contributed by atoms with E-state index in [0.717, 1.165) is 41.9 Å². The molecular weight excluding hydrogens is 408 g/mol. The molecule has 0 unspecified atom stereocenters. The van der Waals surface area contributed by atoms with Crippen LogP contribution in [0.3, 0.4) is 0 Å². The molecule has 8 heteroatoms. The van der Waals surface area contributed by atoms with Crippen molar-refractivity contribution in [2.75, 3.05) is 36.4 Å². The number of benzene rings is 2. The van der Waals surface area contributed by atoms with Gasteiger partial charge in [-0.2, -0.15) is 0 Å². The standard InChI is InChI=1S/C23H28N6OS/c1-17(2)28-12-14-29(15-13-28)20-8-4-18(5-9-20)22(30)25-19-6-10-21(11-7-19)31-23-26-24-16-27(23)3/h4-11,16-17H,12-15H2,1-3H3,(H,25,30). The fourth-order valence-corrected chi connectivity index (χ4v) is 4.36. The Kier molecular flexibility index (Phi) is 6.58. The monoisotopic (exact) mass is 436 g/mol. The molecule has 31 heavy (non-hydrogen) atoms. The number of nitrogens with one attached hydrogen (secondary N) is 1. The number of carbonyl (C=O) groups excluding carboxylic acids is 1. The molecule has 0 atom stereocenters. The van der Waals surface area contributed by atoms with Gasteiger partial charge in [0.1, 0.15) is 6.33 Å². The van der Waals surface area contributed by atoms with E-state index in [0.29, 0.717) is 11.6 Å². The van der Waals surface area contributed by atoms with E-state index in [4.69, 9.17) is 0 Å². The van der Waals surface area contributed by atoms with Crippen LogP contribution in [-0.4, -0.2) is 57.8 Å². The first-order valence-corrected chi connectivity index (χ1v) is 11.3. The Labute approximate surface area is 187 Å². The van der Waals surface area contributed by atoms with Crippen LogP contribution in [0.15, 0.2) is 64.9 Å². The van der Waals surface area contributed by atoms with Gasteiger partial charge in [0, 0.05) is 61.1 Å². The number of hydrogen-bond acceptors (Lipinski definition) is 6. The average molecular weight is 437 g/mol. The Morgan fingerprint density at radius 1 is 1.00 bits per heavy atom. The third-order valence-electron chi connectivity index (χ3n) is 5.53. The second-order valence-corrected chi connectivity index (χ2v) is 9.01. The number of piperazine rings is 1. The van der Waals surface area contributed by atoms with Gasteiger partial charge < -0.3 is 14.8 Å². The predicted octanol–water partition coefficient (Wildman–Crippen LogP) is 3.75. The van der Waals surface area contributed by atoms with Gasteiger partial charge in [-0.1, -0.05) is 0 Å². The maximum Gasteiger partial charge on any atom is 0.255 e. The van der Waals surface area contributed by atoms with Crippen molar-refractivity contribution in [3.05, 3.63) is 60.4 Å². The molecule has 1 aliphatic rings. The Balaban J connectivity index is 1.33. The molecule has 1 aromatic heterocycles. The maximum atomic E-state index is 12.6. The molecule has 1 fully saturated rings. The second kappa shape index (κ2) is 9.53. The van der Waals surface area contributed by atoms with E-state index in [9.17, 15) is 4.79 Å². The van der Waals surface area contributed by atoms with Gasteiger partial charge in [0.25, 0.3) is 5.91 Å².